The Bertz CT molecular complexity index is 664. The van der Waals surface area contributed by atoms with Crippen molar-refractivity contribution in [3.8, 4) is 0 Å². The first-order valence-electron chi connectivity index (χ1n) is 8.88. The Hall–Kier alpha value is -2.68. The average molecular weight is 392 g/mol. The van der Waals surface area contributed by atoms with Gasteiger partial charge in [-0.25, -0.2) is 9.59 Å². The third kappa shape index (κ3) is 9.31. The van der Waals surface area contributed by atoms with E-state index in [1.165, 1.54) is 31.2 Å². The van der Waals surface area contributed by atoms with Crippen molar-refractivity contribution in [1.29, 1.82) is 0 Å². The van der Waals surface area contributed by atoms with Gasteiger partial charge in [-0.15, -0.1) is 0 Å². The van der Waals surface area contributed by atoms with Gasteiger partial charge in [-0.2, -0.15) is 0 Å². The lowest BCUT2D eigenvalue weighted by Crippen LogP contribution is -2.53. The van der Waals surface area contributed by atoms with Crippen molar-refractivity contribution in [1.82, 2.24) is 5.32 Å². The molecule has 4 atom stereocenters. The summed E-state index contributed by atoms with van der Waals surface area (Å²) in [5, 5.41) is 32.0. The predicted molar refractivity (Wildman–Crippen MR) is 105 cm³/mol. The highest BCUT2D eigenvalue weighted by Crippen LogP contribution is 2.19. The van der Waals surface area contributed by atoms with Crippen LogP contribution in [0.5, 0.6) is 0 Å². The number of hydrogen-bond donors (Lipinski definition) is 5. The fourth-order valence-electron chi connectivity index (χ4n) is 2.47. The lowest BCUT2D eigenvalue weighted by atomic mass is 9.90. The summed E-state index contributed by atoms with van der Waals surface area (Å²) in [6.07, 6.45) is 14.6. The van der Waals surface area contributed by atoms with Gasteiger partial charge in [0.25, 0.3) is 0 Å². The smallest absolute Gasteiger partial charge is 0.331 e. The first-order chi connectivity index (χ1) is 13.2. The summed E-state index contributed by atoms with van der Waals surface area (Å²) < 4.78 is 5.09. The molecule has 0 unspecified atom stereocenters. The minimum absolute atomic E-state index is 0.00144. The number of carbonyl (C=O) groups excluding carboxylic acids is 2. The molecule has 1 aliphatic heterocycles. The van der Waals surface area contributed by atoms with Gasteiger partial charge in [0, 0.05) is 18.9 Å². The molecule has 0 bridgehead atoms. The first-order valence-corrected chi connectivity index (χ1v) is 8.88. The molecule has 154 valence electrons. The number of aliphatic hydroxyl groups excluding tert-OH is 2. The molecule has 1 heterocycles. The lowest BCUT2D eigenvalue weighted by molar-refractivity contribution is -0.141. The van der Waals surface area contributed by atoms with Gasteiger partial charge in [-0.1, -0.05) is 48.6 Å². The number of urea groups is 1. The fourth-order valence-corrected chi connectivity index (χ4v) is 2.47. The molecule has 0 aromatic heterocycles. The zero-order valence-corrected chi connectivity index (χ0v) is 15.8. The number of rotatable bonds is 10. The summed E-state index contributed by atoms with van der Waals surface area (Å²) in [7, 11) is 0. The number of nitrogens with two attached hydrogens (primary N) is 1. The van der Waals surface area contributed by atoms with E-state index >= 15 is 0 Å². The Labute approximate surface area is 164 Å². The summed E-state index contributed by atoms with van der Waals surface area (Å²) in [6, 6.07) is -1.72. The molecule has 28 heavy (non-hydrogen) atoms. The molecule has 0 fully saturated rings. The van der Waals surface area contributed by atoms with Crippen molar-refractivity contribution in [2.24, 2.45) is 5.73 Å². The third-order valence-corrected chi connectivity index (χ3v) is 3.95. The molecule has 0 aromatic carbocycles. The van der Waals surface area contributed by atoms with E-state index in [1.807, 2.05) is 0 Å². The van der Waals surface area contributed by atoms with Crippen LogP contribution >= 0.6 is 0 Å². The number of hydrogen-bond acceptors (Lipinski definition) is 6. The van der Waals surface area contributed by atoms with E-state index in [0.717, 1.165) is 0 Å². The highest BCUT2D eigenvalue weighted by molar-refractivity contribution is 5.82. The Morgan fingerprint density at radius 2 is 2.14 bits per heavy atom. The second kappa shape index (κ2) is 11.9. The van der Waals surface area contributed by atoms with Gasteiger partial charge < -0.3 is 31.1 Å². The van der Waals surface area contributed by atoms with Crippen molar-refractivity contribution in [3.63, 3.8) is 0 Å². The molecule has 6 N–H and O–H groups in total. The largest absolute Gasteiger partial charge is 0.455 e. The first kappa shape index (κ1) is 23.4. The predicted octanol–water partition coefficient (Wildman–Crippen LogP) is 0.614. The van der Waals surface area contributed by atoms with Crippen LogP contribution in [0.4, 0.5) is 4.79 Å². The number of ether oxygens (including phenoxy) is 1. The van der Waals surface area contributed by atoms with Crippen LogP contribution in [0.3, 0.4) is 0 Å². The van der Waals surface area contributed by atoms with Gasteiger partial charge in [0.05, 0.1) is 18.8 Å². The van der Waals surface area contributed by atoms with Crippen LogP contribution in [0.15, 0.2) is 60.8 Å². The van der Waals surface area contributed by atoms with Crippen LogP contribution in [0.1, 0.15) is 19.8 Å². The fraction of sp³-hybridized carbons (Fsp3) is 0.400. The Balaban J connectivity index is 2.75. The molecule has 0 saturated heterocycles. The summed E-state index contributed by atoms with van der Waals surface area (Å²) in [5.41, 5.74) is 3.64. The molecule has 2 amide bonds. The molecular weight excluding hydrogens is 364 g/mol. The minimum Gasteiger partial charge on any atom is -0.455 e. The van der Waals surface area contributed by atoms with Crippen LogP contribution in [0.25, 0.3) is 0 Å². The van der Waals surface area contributed by atoms with E-state index in [9.17, 15) is 19.8 Å². The van der Waals surface area contributed by atoms with E-state index in [0.29, 0.717) is 6.42 Å². The maximum Gasteiger partial charge on any atom is 0.331 e. The third-order valence-electron chi connectivity index (χ3n) is 3.95. The van der Waals surface area contributed by atoms with Gasteiger partial charge in [0.1, 0.15) is 11.7 Å². The van der Waals surface area contributed by atoms with Gasteiger partial charge in [0.2, 0.25) is 0 Å². The summed E-state index contributed by atoms with van der Waals surface area (Å²) in [6.45, 7) is 1.40. The topological polar surface area (TPSA) is 142 Å². The van der Waals surface area contributed by atoms with Crippen LogP contribution in [0.2, 0.25) is 0 Å². The van der Waals surface area contributed by atoms with Crippen LogP contribution < -0.4 is 11.1 Å². The molecular formula is C20H28N2O6. The van der Waals surface area contributed by atoms with Crippen LogP contribution in [-0.4, -0.2) is 57.8 Å². The standard InChI is InChI=1S/C20H28N2O6/c1-20(27,12-11-16-9-7-10-18(25)28-16)17(22-19(21)26)14-15(24)8-5-3-2-4-6-13-23/h2-8,10-12,15-17,23-24,27H,9,13-14H2,1H3,(H3,21,22,26)/t15-,16+,17+,20+/m0/s1. The van der Waals surface area contributed by atoms with E-state index < -0.39 is 35.9 Å². The average Bonchev–Trinajstić information content (AvgIpc) is 2.62. The maximum atomic E-state index is 11.3. The quantitative estimate of drug-likeness (QED) is 0.209. The number of aliphatic hydroxyl groups is 3. The molecule has 0 aliphatic carbocycles. The molecule has 1 aliphatic rings. The normalized spacial score (nSPS) is 22.0. The molecule has 0 spiro atoms. The zero-order valence-electron chi connectivity index (χ0n) is 15.8. The van der Waals surface area contributed by atoms with Crippen molar-refractivity contribution in [2.45, 2.75) is 43.6 Å². The second-order valence-electron chi connectivity index (χ2n) is 6.44. The number of cyclic esters (lactones) is 1. The Morgan fingerprint density at radius 1 is 1.43 bits per heavy atom. The van der Waals surface area contributed by atoms with E-state index in [-0.39, 0.29) is 13.0 Å². The highest BCUT2D eigenvalue weighted by Gasteiger charge is 2.32. The number of amides is 2. The molecule has 1 rings (SSSR count). The maximum absolute atomic E-state index is 11.3. The van der Waals surface area contributed by atoms with Gasteiger partial charge in [-0.05, 0) is 13.0 Å². The summed E-state index contributed by atoms with van der Waals surface area (Å²) in [4.78, 5) is 22.6. The molecule has 8 heteroatoms. The van der Waals surface area contributed by atoms with Crippen molar-refractivity contribution in [2.75, 3.05) is 6.61 Å². The molecule has 0 radical (unpaired) electrons. The van der Waals surface area contributed by atoms with E-state index in [1.54, 1.807) is 36.5 Å². The zero-order chi connectivity index (χ0) is 21.0. The molecule has 8 nitrogen and oxygen atoms in total. The van der Waals surface area contributed by atoms with Crippen LogP contribution in [-0.2, 0) is 9.53 Å². The van der Waals surface area contributed by atoms with E-state index in [4.69, 9.17) is 15.6 Å². The van der Waals surface area contributed by atoms with Gasteiger partial charge >= 0.3 is 12.0 Å². The van der Waals surface area contributed by atoms with Crippen molar-refractivity contribution in [3.05, 3.63) is 60.8 Å². The minimum atomic E-state index is -1.54. The highest BCUT2D eigenvalue weighted by atomic mass is 16.5. The summed E-state index contributed by atoms with van der Waals surface area (Å²) in [5.74, 6) is -0.463. The monoisotopic (exact) mass is 392 g/mol. The number of primary amides is 1. The van der Waals surface area contributed by atoms with Crippen LogP contribution in [0, 0.1) is 0 Å². The molecule has 0 saturated carbocycles. The lowest BCUT2D eigenvalue weighted by Gasteiger charge is -2.32. The van der Waals surface area contributed by atoms with E-state index in [2.05, 4.69) is 5.32 Å². The number of nitrogens with one attached hydrogen (secondary N) is 1. The number of esters is 1. The Morgan fingerprint density at radius 3 is 2.79 bits per heavy atom. The van der Waals surface area contributed by atoms with Gasteiger partial charge in [0.15, 0.2) is 0 Å². The SMILES string of the molecule is C[C@@](O)(C=C[C@H]1CC=CC(=O)O1)[C@@H](C[C@@H](O)C=CC=CC=CCO)NC(N)=O. The number of carbonyl (C=O) groups is 2. The summed E-state index contributed by atoms with van der Waals surface area (Å²) >= 11 is 0. The second-order valence-corrected chi connectivity index (χ2v) is 6.44. The molecule has 0 aromatic rings. The van der Waals surface area contributed by atoms with Gasteiger partial charge in [-0.3, -0.25) is 0 Å². The number of allylic oxidation sites excluding steroid dienone is 4. The van der Waals surface area contributed by atoms with Crippen molar-refractivity contribution >= 4 is 12.0 Å². The van der Waals surface area contributed by atoms with Crippen molar-refractivity contribution < 1.29 is 29.6 Å². The Kier molecular flexibility index (Phi) is 9.94.